The molecule has 0 unspecified atom stereocenters. The Morgan fingerprint density at radius 1 is 1.16 bits per heavy atom. The average Bonchev–Trinajstić information content (AvgIpc) is 3.49. The lowest BCUT2D eigenvalue weighted by Crippen LogP contribution is -2.32. The molecule has 2 aliphatic heterocycles. The molecule has 31 heavy (non-hydrogen) atoms. The molecule has 0 bridgehead atoms. The molecular formula is C22H25N5O4. The highest BCUT2D eigenvalue weighted by molar-refractivity contribution is 5.98. The molecule has 2 fully saturated rings. The number of amides is 1. The largest absolute Gasteiger partial charge is 0.474 e. The van der Waals surface area contributed by atoms with Crippen molar-refractivity contribution in [3.63, 3.8) is 0 Å². The van der Waals surface area contributed by atoms with E-state index in [1.54, 1.807) is 18.5 Å². The summed E-state index contributed by atoms with van der Waals surface area (Å²) in [6.07, 6.45) is 7.12. The van der Waals surface area contributed by atoms with E-state index in [0.29, 0.717) is 37.0 Å². The van der Waals surface area contributed by atoms with E-state index < -0.39 is 0 Å². The molecule has 9 heteroatoms. The fourth-order valence-corrected chi connectivity index (χ4v) is 3.99. The van der Waals surface area contributed by atoms with Crippen LogP contribution < -0.4 is 10.1 Å². The third-order valence-corrected chi connectivity index (χ3v) is 5.67. The lowest BCUT2D eigenvalue weighted by Gasteiger charge is -2.23. The van der Waals surface area contributed by atoms with Gasteiger partial charge in [0.25, 0.3) is 5.91 Å². The Kier molecular flexibility index (Phi) is 5.77. The minimum atomic E-state index is -0.228. The normalized spacial score (nSPS) is 19.5. The van der Waals surface area contributed by atoms with Crippen molar-refractivity contribution >= 4 is 16.8 Å². The van der Waals surface area contributed by atoms with E-state index in [4.69, 9.17) is 14.2 Å². The van der Waals surface area contributed by atoms with Crippen molar-refractivity contribution in [3.05, 3.63) is 36.3 Å². The Morgan fingerprint density at radius 3 is 2.87 bits per heavy atom. The Labute approximate surface area is 179 Å². The quantitative estimate of drug-likeness (QED) is 0.626. The summed E-state index contributed by atoms with van der Waals surface area (Å²) in [7, 11) is 0. The van der Waals surface area contributed by atoms with Crippen LogP contribution in [0.1, 0.15) is 36.2 Å². The number of nitrogens with zero attached hydrogens (tertiary/aromatic N) is 3. The standard InChI is InChI=1S/C22H25N5O4/c28-21(25-13-16-2-1-9-30-16)18-12-14(3-7-23-18)20-19-17(26-27-20)4-8-24-22(19)31-15-5-10-29-11-6-15/h3-4,7-8,12,15-16H,1-2,5-6,9-11,13H2,(H,25,28)(H,26,27)/t16-/m0/s1. The topological polar surface area (TPSA) is 111 Å². The number of rotatable bonds is 6. The molecule has 0 radical (unpaired) electrons. The van der Waals surface area contributed by atoms with Gasteiger partial charge in [0.1, 0.15) is 17.5 Å². The predicted molar refractivity (Wildman–Crippen MR) is 113 cm³/mol. The van der Waals surface area contributed by atoms with Gasteiger partial charge in [0.2, 0.25) is 5.88 Å². The molecule has 2 saturated heterocycles. The van der Waals surface area contributed by atoms with Gasteiger partial charge in [-0.1, -0.05) is 0 Å². The number of H-pyrrole nitrogens is 1. The van der Waals surface area contributed by atoms with Crippen LogP contribution in [0.3, 0.4) is 0 Å². The van der Waals surface area contributed by atoms with E-state index in [1.807, 2.05) is 12.1 Å². The number of aromatic amines is 1. The molecule has 0 spiro atoms. The minimum Gasteiger partial charge on any atom is -0.474 e. The van der Waals surface area contributed by atoms with Crippen LogP contribution in [0.5, 0.6) is 5.88 Å². The maximum atomic E-state index is 12.6. The second-order valence-electron chi connectivity index (χ2n) is 7.82. The van der Waals surface area contributed by atoms with Gasteiger partial charge >= 0.3 is 0 Å². The van der Waals surface area contributed by atoms with Gasteiger partial charge in [-0.15, -0.1) is 0 Å². The molecule has 0 aromatic carbocycles. The Balaban J connectivity index is 1.40. The van der Waals surface area contributed by atoms with Gasteiger partial charge in [0.15, 0.2) is 0 Å². The van der Waals surface area contributed by atoms with Crippen LogP contribution in [0.25, 0.3) is 22.2 Å². The average molecular weight is 423 g/mol. The van der Waals surface area contributed by atoms with E-state index in [-0.39, 0.29) is 18.1 Å². The predicted octanol–water partition coefficient (Wildman–Crippen LogP) is 2.49. The monoisotopic (exact) mass is 423 g/mol. The molecular weight excluding hydrogens is 398 g/mol. The number of ether oxygens (including phenoxy) is 3. The Bertz CT molecular complexity index is 1060. The molecule has 162 valence electrons. The summed E-state index contributed by atoms with van der Waals surface area (Å²) < 4.78 is 17.2. The van der Waals surface area contributed by atoms with E-state index in [0.717, 1.165) is 48.8 Å². The number of hydrogen-bond donors (Lipinski definition) is 2. The molecule has 3 aromatic heterocycles. The third kappa shape index (κ3) is 4.38. The first-order chi connectivity index (χ1) is 15.3. The second kappa shape index (κ2) is 8.99. The van der Waals surface area contributed by atoms with Crippen molar-refractivity contribution < 1.29 is 19.0 Å². The van der Waals surface area contributed by atoms with Crippen molar-refractivity contribution in [2.24, 2.45) is 0 Å². The Morgan fingerprint density at radius 2 is 2.03 bits per heavy atom. The highest BCUT2D eigenvalue weighted by atomic mass is 16.5. The lowest BCUT2D eigenvalue weighted by atomic mass is 10.1. The highest BCUT2D eigenvalue weighted by Crippen LogP contribution is 2.33. The smallest absolute Gasteiger partial charge is 0.269 e. The number of carbonyl (C=O) groups is 1. The summed E-state index contributed by atoms with van der Waals surface area (Å²) in [5, 5.41) is 11.2. The second-order valence-corrected chi connectivity index (χ2v) is 7.82. The zero-order valence-electron chi connectivity index (χ0n) is 17.2. The lowest BCUT2D eigenvalue weighted by molar-refractivity contribution is 0.0244. The number of fused-ring (bicyclic) bond motifs is 1. The van der Waals surface area contributed by atoms with Gasteiger partial charge < -0.3 is 19.5 Å². The molecule has 5 heterocycles. The summed E-state index contributed by atoms with van der Waals surface area (Å²) >= 11 is 0. The molecule has 1 atom stereocenters. The number of carbonyl (C=O) groups excluding carboxylic acids is 1. The zero-order chi connectivity index (χ0) is 21.0. The minimum absolute atomic E-state index is 0.0613. The van der Waals surface area contributed by atoms with E-state index in [1.165, 1.54) is 0 Å². The van der Waals surface area contributed by atoms with Gasteiger partial charge in [-0.3, -0.25) is 14.9 Å². The van der Waals surface area contributed by atoms with Crippen molar-refractivity contribution in [3.8, 4) is 17.1 Å². The number of nitrogens with one attached hydrogen (secondary N) is 2. The molecule has 2 aliphatic rings. The maximum absolute atomic E-state index is 12.6. The molecule has 0 aliphatic carbocycles. The fourth-order valence-electron chi connectivity index (χ4n) is 3.99. The first kappa shape index (κ1) is 19.9. The summed E-state index contributed by atoms with van der Waals surface area (Å²) in [6.45, 7) is 2.62. The van der Waals surface area contributed by atoms with Crippen molar-refractivity contribution in [2.75, 3.05) is 26.4 Å². The van der Waals surface area contributed by atoms with Crippen LogP contribution >= 0.6 is 0 Å². The van der Waals surface area contributed by atoms with E-state index >= 15 is 0 Å². The van der Waals surface area contributed by atoms with Gasteiger partial charge in [-0.25, -0.2) is 4.98 Å². The van der Waals surface area contributed by atoms with Crippen molar-refractivity contribution in [1.29, 1.82) is 0 Å². The number of pyridine rings is 2. The fraction of sp³-hybridized carbons (Fsp3) is 0.455. The SMILES string of the molecule is O=C(NC[C@@H]1CCCO1)c1cc(-c2n[nH]c3ccnc(OC4CCOCC4)c23)ccn1. The van der Waals surface area contributed by atoms with E-state index in [9.17, 15) is 4.79 Å². The Hall–Kier alpha value is -3.04. The summed E-state index contributed by atoms with van der Waals surface area (Å²) in [6, 6.07) is 5.43. The molecule has 3 aromatic rings. The van der Waals surface area contributed by atoms with Crippen LogP contribution in [0, 0.1) is 0 Å². The van der Waals surface area contributed by atoms with Crippen LogP contribution in [-0.4, -0.2) is 64.6 Å². The van der Waals surface area contributed by atoms with Crippen molar-refractivity contribution in [2.45, 2.75) is 37.9 Å². The summed E-state index contributed by atoms with van der Waals surface area (Å²) in [5.74, 6) is 0.309. The molecule has 0 saturated carbocycles. The molecule has 1 amide bonds. The summed E-state index contributed by atoms with van der Waals surface area (Å²) in [4.78, 5) is 21.3. The van der Waals surface area contributed by atoms with Gasteiger partial charge in [-0.2, -0.15) is 5.10 Å². The first-order valence-corrected chi connectivity index (χ1v) is 10.7. The van der Waals surface area contributed by atoms with E-state index in [2.05, 4.69) is 25.5 Å². The molecule has 5 rings (SSSR count). The number of aromatic nitrogens is 4. The summed E-state index contributed by atoms with van der Waals surface area (Å²) in [5.41, 5.74) is 2.62. The van der Waals surface area contributed by atoms with Gasteiger partial charge in [0, 0.05) is 44.0 Å². The van der Waals surface area contributed by atoms with Crippen LogP contribution in [0.15, 0.2) is 30.6 Å². The van der Waals surface area contributed by atoms with Crippen molar-refractivity contribution in [1.82, 2.24) is 25.5 Å². The number of hydrogen-bond acceptors (Lipinski definition) is 7. The zero-order valence-corrected chi connectivity index (χ0v) is 17.2. The molecule has 9 nitrogen and oxygen atoms in total. The molecule has 2 N–H and O–H groups in total. The van der Waals surface area contributed by atoms with Crippen LogP contribution in [-0.2, 0) is 9.47 Å². The van der Waals surface area contributed by atoms with Gasteiger partial charge in [0.05, 0.1) is 30.2 Å². The first-order valence-electron chi connectivity index (χ1n) is 10.7. The highest BCUT2D eigenvalue weighted by Gasteiger charge is 2.21. The maximum Gasteiger partial charge on any atom is 0.269 e. The van der Waals surface area contributed by atoms with Crippen LogP contribution in [0.2, 0.25) is 0 Å². The van der Waals surface area contributed by atoms with Gasteiger partial charge in [-0.05, 0) is 31.0 Å². The van der Waals surface area contributed by atoms with Crippen LogP contribution in [0.4, 0.5) is 0 Å². The third-order valence-electron chi connectivity index (χ3n) is 5.67.